The lowest BCUT2D eigenvalue weighted by atomic mass is 10.2. The van der Waals surface area contributed by atoms with Gasteiger partial charge in [-0.1, -0.05) is 12.1 Å². The number of hydrogen-bond acceptors (Lipinski definition) is 4. The molecule has 8 heteroatoms. The van der Waals surface area contributed by atoms with Crippen LogP contribution in [0.3, 0.4) is 0 Å². The lowest BCUT2D eigenvalue weighted by Crippen LogP contribution is -2.45. The van der Waals surface area contributed by atoms with Crippen molar-refractivity contribution in [3.8, 4) is 5.75 Å². The largest absolute Gasteiger partial charge is 0.494 e. The second-order valence-electron chi connectivity index (χ2n) is 5.66. The number of halogens is 1. The Morgan fingerprint density at radius 3 is 2.54 bits per heavy atom. The first-order chi connectivity index (χ1) is 12.2. The molecule has 0 saturated carbocycles. The van der Waals surface area contributed by atoms with Crippen molar-refractivity contribution in [1.29, 1.82) is 0 Å². The second-order valence-corrected chi connectivity index (χ2v) is 7.52. The Kier molecular flexibility index (Phi) is 6.20. The van der Waals surface area contributed by atoms with Crippen LogP contribution in [-0.2, 0) is 14.8 Å². The fourth-order valence-electron chi connectivity index (χ4n) is 2.50. The van der Waals surface area contributed by atoms with E-state index in [0.717, 1.165) is 16.6 Å². The number of carbonyl (C=O) groups excluding carboxylic acids is 1. The van der Waals surface area contributed by atoms with E-state index < -0.39 is 27.8 Å². The highest BCUT2D eigenvalue weighted by Gasteiger charge is 2.29. The molecule has 0 bridgehead atoms. The van der Waals surface area contributed by atoms with Gasteiger partial charge in [-0.2, -0.15) is 0 Å². The van der Waals surface area contributed by atoms with Crippen molar-refractivity contribution in [1.82, 2.24) is 0 Å². The van der Waals surface area contributed by atoms with E-state index in [0.29, 0.717) is 18.0 Å². The molecular weight excluding hydrogens is 359 g/mol. The van der Waals surface area contributed by atoms with Gasteiger partial charge in [-0.05, 0) is 44.2 Å². The van der Waals surface area contributed by atoms with E-state index in [-0.39, 0.29) is 5.69 Å². The molecule has 0 aromatic heterocycles. The Balaban J connectivity index is 2.27. The summed E-state index contributed by atoms with van der Waals surface area (Å²) >= 11 is 0. The molecule has 140 valence electrons. The number of benzene rings is 2. The van der Waals surface area contributed by atoms with Crippen molar-refractivity contribution in [2.75, 3.05) is 22.5 Å². The van der Waals surface area contributed by atoms with E-state index in [9.17, 15) is 17.6 Å². The number of sulfonamides is 1. The summed E-state index contributed by atoms with van der Waals surface area (Å²) in [6.07, 6.45) is 0.970. The van der Waals surface area contributed by atoms with Crippen LogP contribution in [0.4, 0.5) is 15.8 Å². The molecule has 2 aromatic carbocycles. The Bertz CT molecular complexity index is 886. The van der Waals surface area contributed by atoms with Crippen LogP contribution in [0.1, 0.15) is 13.8 Å². The molecule has 26 heavy (non-hydrogen) atoms. The first-order valence-electron chi connectivity index (χ1n) is 8.01. The van der Waals surface area contributed by atoms with Crippen molar-refractivity contribution in [3.05, 3.63) is 54.3 Å². The molecule has 0 fully saturated rings. The molecular formula is C18H21FN2O4S. The molecule has 0 spiro atoms. The molecule has 1 N–H and O–H groups in total. The van der Waals surface area contributed by atoms with Crippen molar-refractivity contribution >= 4 is 27.3 Å². The van der Waals surface area contributed by atoms with E-state index >= 15 is 0 Å². The summed E-state index contributed by atoms with van der Waals surface area (Å²) in [5.41, 5.74) is 0.554. The van der Waals surface area contributed by atoms with Gasteiger partial charge in [0, 0.05) is 11.8 Å². The third-order valence-electron chi connectivity index (χ3n) is 3.56. The normalized spacial score (nSPS) is 12.3. The van der Waals surface area contributed by atoms with Gasteiger partial charge in [0.05, 0.1) is 18.6 Å². The van der Waals surface area contributed by atoms with E-state index in [1.165, 1.54) is 25.1 Å². The summed E-state index contributed by atoms with van der Waals surface area (Å²) in [5.74, 6) is -0.551. The van der Waals surface area contributed by atoms with Crippen molar-refractivity contribution in [3.63, 3.8) is 0 Å². The number of nitrogens with zero attached hydrogens (tertiary/aromatic N) is 1. The predicted octanol–water partition coefficient (Wildman–Crippen LogP) is 3.02. The molecule has 1 amide bonds. The van der Waals surface area contributed by atoms with E-state index in [1.54, 1.807) is 24.3 Å². The molecule has 6 nitrogen and oxygen atoms in total. The first kappa shape index (κ1) is 19.7. The molecule has 0 aliphatic rings. The summed E-state index contributed by atoms with van der Waals surface area (Å²) in [6.45, 7) is 3.76. The van der Waals surface area contributed by atoms with E-state index in [2.05, 4.69) is 5.32 Å². The predicted molar refractivity (Wildman–Crippen MR) is 99.4 cm³/mol. The van der Waals surface area contributed by atoms with Crippen molar-refractivity contribution < 1.29 is 22.3 Å². The van der Waals surface area contributed by atoms with Crippen molar-refractivity contribution in [2.24, 2.45) is 0 Å². The minimum absolute atomic E-state index is 0.0817. The van der Waals surface area contributed by atoms with Crippen LogP contribution in [0.2, 0.25) is 0 Å². The molecule has 0 aliphatic heterocycles. The van der Waals surface area contributed by atoms with Gasteiger partial charge in [-0.3, -0.25) is 9.10 Å². The number of hydrogen-bond donors (Lipinski definition) is 1. The minimum atomic E-state index is -3.81. The standard InChI is InChI=1S/C18H21FN2O4S/c1-4-25-17-10-6-8-15(12-17)20-18(22)13(2)21(26(3,23)24)16-9-5-7-14(19)11-16/h5-13H,4H2,1-3H3,(H,20,22). The third kappa shape index (κ3) is 4.95. The lowest BCUT2D eigenvalue weighted by molar-refractivity contribution is -0.116. The number of ether oxygens (including phenoxy) is 1. The maximum absolute atomic E-state index is 13.5. The monoisotopic (exact) mass is 380 g/mol. The maximum Gasteiger partial charge on any atom is 0.247 e. The van der Waals surface area contributed by atoms with Gasteiger partial charge in [0.1, 0.15) is 17.6 Å². The second kappa shape index (κ2) is 8.18. The molecule has 1 unspecified atom stereocenters. The minimum Gasteiger partial charge on any atom is -0.494 e. The van der Waals surface area contributed by atoms with Gasteiger partial charge in [-0.25, -0.2) is 12.8 Å². The Morgan fingerprint density at radius 2 is 1.92 bits per heavy atom. The average Bonchev–Trinajstić information content (AvgIpc) is 2.54. The average molecular weight is 380 g/mol. The smallest absolute Gasteiger partial charge is 0.247 e. The Labute approximate surface area is 152 Å². The fraction of sp³-hybridized carbons (Fsp3) is 0.278. The van der Waals surface area contributed by atoms with Gasteiger partial charge in [0.25, 0.3) is 0 Å². The van der Waals surface area contributed by atoms with Gasteiger partial charge in [-0.15, -0.1) is 0 Å². The fourth-order valence-corrected chi connectivity index (χ4v) is 3.67. The number of carbonyl (C=O) groups is 1. The molecule has 1 atom stereocenters. The number of nitrogens with one attached hydrogen (secondary N) is 1. The summed E-state index contributed by atoms with van der Waals surface area (Å²) < 4.78 is 44.1. The molecule has 0 heterocycles. The summed E-state index contributed by atoms with van der Waals surface area (Å²) in [4.78, 5) is 12.6. The van der Waals surface area contributed by atoms with Gasteiger partial charge >= 0.3 is 0 Å². The van der Waals surface area contributed by atoms with Gasteiger partial charge in [0.2, 0.25) is 15.9 Å². The highest BCUT2D eigenvalue weighted by atomic mass is 32.2. The number of amides is 1. The zero-order chi connectivity index (χ0) is 19.3. The molecule has 2 aromatic rings. The van der Waals surface area contributed by atoms with Crippen LogP contribution >= 0.6 is 0 Å². The van der Waals surface area contributed by atoms with E-state index in [4.69, 9.17) is 4.74 Å². The lowest BCUT2D eigenvalue weighted by Gasteiger charge is -2.28. The zero-order valence-corrected chi connectivity index (χ0v) is 15.6. The summed E-state index contributed by atoms with van der Waals surface area (Å²) in [6, 6.07) is 10.8. The van der Waals surface area contributed by atoms with Crippen LogP contribution in [-0.4, -0.2) is 33.2 Å². The van der Waals surface area contributed by atoms with Crippen LogP contribution in [0.5, 0.6) is 5.75 Å². The molecule has 0 saturated heterocycles. The Morgan fingerprint density at radius 1 is 1.23 bits per heavy atom. The van der Waals surface area contributed by atoms with Crippen LogP contribution in [0.25, 0.3) is 0 Å². The van der Waals surface area contributed by atoms with Crippen LogP contribution in [0.15, 0.2) is 48.5 Å². The number of anilines is 2. The van der Waals surface area contributed by atoms with Crippen LogP contribution in [0, 0.1) is 5.82 Å². The van der Waals surface area contributed by atoms with Crippen LogP contribution < -0.4 is 14.4 Å². The third-order valence-corrected chi connectivity index (χ3v) is 4.81. The SMILES string of the molecule is CCOc1cccc(NC(=O)C(C)N(c2cccc(F)c2)S(C)(=O)=O)c1. The quantitative estimate of drug-likeness (QED) is 0.801. The first-order valence-corrected chi connectivity index (χ1v) is 9.86. The molecule has 0 radical (unpaired) electrons. The van der Waals surface area contributed by atoms with E-state index in [1.807, 2.05) is 6.92 Å². The highest BCUT2D eigenvalue weighted by Crippen LogP contribution is 2.23. The van der Waals surface area contributed by atoms with Crippen molar-refractivity contribution in [2.45, 2.75) is 19.9 Å². The summed E-state index contributed by atoms with van der Waals surface area (Å²) in [7, 11) is -3.81. The molecule has 2 rings (SSSR count). The summed E-state index contributed by atoms with van der Waals surface area (Å²) in [5, 5.41) is 2.66. The Hall–Kier alpha value is -2.61. The highest BCUT2D eigenvalue weighted by molar-refractivity contribution is 7.92. The molecule has 0 aliphatic carbocycles. The van der Waals surface area contributed by atoms with Gasteiger partial charge in [0.15, 0.2) is 0 Å². The topological polar surface area (TPSA) is 75.7 Å². The number of rotatable bonds is 7. The van der Waals surface area contributed by atoms with Gasteiger partial charge < -0.3 is 10.1 Å². The zero-order valence-electron chi connectivity index (χ0n) is 14.8. The maximum atomic E-state index is 13.5.